The molecule has 0 fully saturated rings. The lowest BCUT2D eigenvalue weighted by Crippen LogP contribution is -2.25. The standard InChI is InChI=1S/C20H20N4O4/c1-23(20(26)28-3)15-9-7-14(8-10-15)21-19(25)18-11-12-24(22-18)16-5-4-6-17(13-16)27-2/h4-13H,1-3H3,(H,21,25). The lowest BCUT2D eigenvalue weighted by molar-refractivity contribution is 0.102. The number of carbonyl (C=O) groups excluding carboxylic acids is 2. The minimum Gasteiger partial charge on any atom is -0.497 e. The smallest absolute Gasteiger partial charge is 0.413 e. The second kappa shape index (κ2) is 8.26. The number of aromatic nitrogens is 2. The van der Waals surface area contributed by atoms with E-state index in [1.54, 1.807) is 55.4 Å². The quantitative estimate of drug-likeness (QED) is 0.734. The summed E-state index contributed by atoms with van der Waals surface area (Å²) in [7, 11) is 4.51. The van der Waals surface area contributed by atoms with Crippen LogP contribution in [0.5, 0.6) is 5.75 Å². The third-order valence-electron chi connectivity index (χ3n) is 4.10. The number of rotatable bonds is 5. The van der Waals surface area contributed by atoms with Crippen molar-refractivity contribution >= 4 is 23.4 Å². The van der Waals surface area contributed by atoms with Crippen LogP contribution < -0.4 is 15.0 Å². The van der Waals surface area contributed by atoms with Crippen LogP contribution in [0, 0.1) is 0 Å². The minimum atomic E-state index is -0.472. The molecule has 1 aromatic heterocycles. The van der Waals surface area contributed by atoms with E-state index in [1.807, 2.05) is 24.3 Å². The van der Waals surface area contributed by atoms with E-state index in [1.165, 1.54) is 12.0 Å². The van der Waals surface area contributed by atoms with Crippen molar-refractivity contribution < 1.29 is 19.1 Å². The zero-order chi connectivity index (χ0) is 20.1. The molecule has 0 aliphatic heterocycles. The van der Waals surface area contributed by atoms with Gasteiger partial charge >= 0.3 is 6.09 Å². The number of hydrogen-bond acceptors (Lipinski definition) is 5. The Labute approximate surface area is 162 Å². The first-order chi connectivity index (χ1) is 13.5. The second-order valence-corrected chi connectivity index (χ2v) is 5.88. The molecule has 0 atom stereocenters. The number of benzene rings is 2. The van der Waals surface area contributed by atoms with E-state index in [2.05, 4.69) is 15.2 Å². The van der Waals surface area contributed by atoms with Gasteiger partial charge in [0.2, 0.25) is 0 Å². The number of hydrogen-bond donors (Lipinski definition) is 1. The lowest BCUT2D eigenvalue weighted by Gasteiger charge is -2.15. The highest BCUT2D eigenvalue weighted by Gasteiger charge is 2.13. The predicted molar refractivity (Wildman–Crippen MR) is 105 cm³/mol. The van der Waals surface area contributed by atoms with Crippen LogP contribution in [0.2, 0.25) is 0 Å². The molecule has 0 aliphatic rings. The summed E-state index contributed by atoms with van der Waals surface area (Å²) in [4.78, 5) is 25.4. The predicted octanol–water partition coefficient (Wildman–Crippen LogP) is 3.34. The van der Waals surface area contributed by atoms with Gasteiger partial charge in [-0.05, 0) is 42.5 Å². The van der Waals surface area contributed by atoms with Crippen molar-refractivity contribution in [2.75, 3.05) is 31.5 Å². The van der Waals surface area contributed by atoms with Crippen molar-refractivity contribution in [3.8, 4) is 11.4 Å². The molecule has 0 unspecified atom stereocenters. The normalized spacial score (nSPS) is 10.2. The van der Waals surface area contributed by atoms with Gasteiger partial charge in [-0.25, -0.2) is 9.48 Å². The average Bonchev–Trinajstić information content (AvgIpc) is 3.24. The molecule has 3 rings (SSSR count). The van der Waals surface area contributed by atoms with Crippen molar-refractivity contribution in [1.82, 2.24) is 9.78 Å². The maximum atomic E-state index is 12.5. The van der Waals surface area contributed by atoms with Crippen molar-refractivity contribution in [3.05, 3.63) is 66.5 Å². The molecule has 0 saturated carbocycles. The number of ether oxygens (including phenoxy) is 2. The van der Waals surface area contributed by atoms with Gasteiger partial charge in [0.15, 0.2) is 5.69 Å². The Hall–Kier alpha value is -3.81. The summed E-state index contributed by atoms with van der Waals surface area (Å²) in [5.41, 5.74) is 2.29. The van der Waals surface area contributed by atoms with E-state index in [4.69, 9.17) is 4.74 Å². The van der Waals surface area contributed by atoms with Gasteiger partial charge in [-0.15, -0.1) is 0 Å². The van der Waals surface area contributed by atoms with E-state index < -0.39 is 6.09 Å². The van der Waals surface area contributed by atoms with E-state index >= 15 is 0 Å². The largest absolute Gasteiger partial charge is 0.497 e. The highest BCUT2D eigenvalue weighted by Crippen LogP contribution is 2.19. The number of carbonyl (C=O) groups is 2. The summed E-state index contributed by atoms with van der Waals surface area (Å²) in [6.45, 7) is 0. The van der Waals surface area contributed by atoms with Gasteiger partial charge in [-0.1, -0.05) is 6.07 Å². The Morgan fingerprint density at radius 2 is 1.82 bits per heavy atom. The Kier molecular flexibility index (Phi) is 5.59. The van der Waals surface area contributed by atoms with Crippen LogP contribution in [-0.4, -0.2) is 43.0 Å². The zero-order valence-corrected chi connectivity index (χ0v) is 15.7. The number of amides is 2. The lowest BCUT2D eigenvalue weighted by atomic mass is 10.2. The third-order valence-corrected chi connectivity index (χ3v) is 4.10. The number of anilines is 2. The molecule has 2 amide bonds. The van der Waals surface area contributed by atoms with Crippen molar-refractivity contribution in [2.45, 2.75) is 0 Å². The zero-order valence-electron chi connectivity index (χ0n) is 15.7. The maximum Gasteiger partial charge on any atom is 0.413 e. The molecule has 144 valence electrons. The van der Waals surface area contributed by atoms with Crippen LogP contribution in [0.3, 0.4) is 0 Å². The molecule has 0 aliphatic carbocycles. The molecule has 1 N–H and O–H groups in total. The van der Waals surface area contributed by atoms with E-state index in [0.29, 0.717) is 17.1 Å². The Balaban J connectivity index is 1.70. The van der Waals surface area contributed by atoms with Crippen LogP contribution in [0.15, 0.2) is 60.8 Å². The summed E-state index contributed by atoms with van der Waals surface area (Å²) in [6, 6.07) is 15.8. The van der Waals surface area contributed by atoms with Gasteiger partial charge in [0.05, 0.1) is 19.9 Å². The molecular formula is C20H20N4O4. The third kappa shape index (κ3) is 4.12. The molecule has 0 bridgehead atoms. The van der Waals surface area contributed by atoms with E-state index in [0.717, 1.165) is 5.69 Å². The van der Waals surface area contributed by atoms with Gasteiger partial charge in [-0.2, -0.15) is 5.10 Å². The molecule has 28 heavy (non-hydrogen) atoms. The molecule has 8 heteroatoms. The molecular weight excluding hydrogens is 360 g/mol. The van der Waals surface area contributed by atoms with Gasteiger partial charge in [0.25, 0.3) is 5.91 Å². The topological polar surface area (TPSA) is 85.7 Å². The van der Waals surface area contributed by atoms with Gasteiger partial charge in [-0.3, -0.25) is 9.69 Å². The highest BCUT2D eigenvalue weighted by atomic mass is 16.5. The fourth-order valence-corrected chi connectivity index (χ4v) is 2.55. The number of nitrogens with one attached hydrogen (secondary N) is 1. The molecule has 0 spiro atoms. The Morgan fingerprint density at radius 3 is 2.50 bits per heavy atom. The number of methoxy groups -OCH3 is 2. The van der Waals surface area contributed by atoms with Crippen LogP contribution in [0.1, 0.15) is 10.5 Å². The first-order valence-corrected chi connectivity index (χ1v) is 8.45. The average molecular weight is 380 g/mol. The minimum absolute atomic E-state index is 0.276. The van der Waals surface area contributed by atoms with Crippen LogP contribution >= 0.6 is 0 Å². The first-order valence-electron chi connectivity index (χ1n) is 8.45. The van der Waals surface area contributed by atoms with Crippen LogP contribution in [-0.2, 0) is 4.74 Å². The Morgan fingerprint density at radius 1 is 1.07 bits per heavy atom. The van der Waals surface area contributed by atoms with Gasteiger partial charge in [0.1, 0.15) is 5.75 Å². The fourth-order valence-electron chi connectivity index (χ4n) is 2.55. The summed E-state index contributed by atoms with van der Waals surface area (Å²) in [6.07, 6.45) is 1.23. The Bertz CT molecular complexity index is 982. The molecule has 3 aromatic rings. The number of nitrogens with zero attached hydrogens (tertiary/aromatic N) is 3. The highest BCUT2D eigenvalue weighted by molar-refractivity contribution is 6.03. The van der Waals surface area contributed by atoms with E-state index in [9.17, 15) is 9.59 Å². The van der Waals surface area contributed by atoms with Crippen molar-refractivity contribution in [1.29, 1.82) is 0 Å². The summed E-state index contributed by atoms with van der Waals surface area (Å²) in [5, 5.41) is 7.09. The second-order valence-electron chi connectivity index (χ2n) is 5.88. The molecule has 8 nitrogen and oxygen atoms in total. The van der Waals surface area contributed by atoms with E-state index in [-0.39, 0.29) is 11.6 Å². The summed E-state index contributed by atoms with van der Waals surface area (Å²) in [5.74, 6) is 0.367. The molecule has 0 radical (unpaired) electrons. The first kappa shape index (κ1) is 19.0. The molecule has 1 heterocycles. The maximum absolute atomic E-state index is 12.5. The van der Waals surface area contributed by atoms with Crippen LogP contribution in [0.4, 0.5) is 16.2 Å². The monoisotopic (exact) mass is 380 g/mol. The SMILES string of the molecule is COC(=O)N(C)c1ccc(NC(=O)c2ccn(-c3cccc(OC)c3)n2)cc1. The summed E-state index contributed by atoms with van der Waals surface area (Å²) < 4.78 is 11.5. The van der Waals surface area contributed by atoms with Gasteiger partial charge in [0, 0.05) is 30.7 Å². The van der Waals surface area contributed by atoms with Crippen molar-refractivity contribution in [3.63, 3.8) is 0 Å². The summed E-state index contributed by atoms with van der Waals surface area (Å²) >= 11 is 0. The van der Waals surface area contributed by atoms with Crippen LogP contribution in [0.25, 0.3) is 5.69 Å². The van der Waals surface area contributed by atoms with Crippen molar-refractivity contribution in [2.24, 2.45) is 0 Å². The molecule has 2 aromatic carbocycles. The molecule has 0 saturated heterocycles. The van der Waals surface area contributed by atoms with Gasteiger partial charge < -0.3 is 14.8 Å². The fraction of sp³-hybridized carbons (Fsp3) is 0.150.